The van der Waals surface area contributed by atoms with Gasteiger partial charge in [0.15, 0.2) is 0 Å². The zero-order chi connectivity index (χ0) is 20.3. The van der Waals surface area contributed by atoms with Gasteiger partial charge >= 0.3 is 0 Å². The number of thiophene rings is 2. The Kier molecular flexibility index (Phi) is 7.11. The minimum atomic E-state index is -0.424. The normalized spacial score (nSPS) is 19.1. The number of likely N-dealkylation sites (N-methyl/N-ethyl adjacent to an activating group) is 1. The zero-order valence-corrected chi connectivity index (χ0v) is 18.3. The average molecular weight is 442 g/mol. The molecule has 2 aliphatic rings. The fourth-order valence-corrected chi connectivity index (χ4v) is 5.31. The van der Waals surface area contributed by atoms with E-state index in [-0.39, 0.29) is 12.0 Å². The summed E-state index contributed by atoms with van der Waals surface area (Å²) in [7, 11) is 3.85. The second-order valence-electron chi connectivity index (χ2n) is 6.91. The Balaban J connectivity index is 0.000000211. The number of rotatable bonds is 3. The number of hydrogen-bond donors (Lipinski definition) is 1. The van der Waals surface area contributed by atoms with E-state index in [9.17, 15) is 9.59 Å². The molecular weight excluding hydrogens is 418 g/mol. The number of ether oxygens (including phenoxy) is 1. The zero-order valence-electron chi connectivity index (χ0n) is 15.9. The van der Waals surface area contributed by atoms with Gasteiger partial charge in [-0.05, 0) is 43.7 Å². The van der Waals surface area contributed by atoms with Crippen molar-refractivity contribution in [2.45, 2.75) is 25.5 Å². The maximum absolute atomic E-state index is 12.5. The predicted octanol–water partition coefficient (Wildman–Crippen LogP) is 3.10. The Bertz CT molecular complexity index is 851. The summed E-state index contributed by atoms with van der Waals surface area (Å²) in [6.07, 6.45) is 2.24. The number of carbonyl (C=O) groups excluding carboxylic acids is 2. The number of fused-ring (bicyclic) bond motifs is 1. The SMILES string of the molecule is CO[C@@H]1CCN(C(=O)c2cc3c(s2)CCN(C)C3)C1.NC(=O)c1ccc(Cl)s1. The highest BCUT2D eigenvalue weighted by atomic mass is 35.5. The highest BCUT2D eigenvalue weighted by molar-refractivity contribution is 7.18. The molecule has 152 valence electrons. The molecule has 1 fully saturated rings. The third-order valence-corrected chi connectivity index (χ3v) is 7.32. The maximum Gasteiger partial charge on any atom is 0.264 e. The van der Waals surface area contributed by atoms with E-state index in [0.29, 0.717) is 9.21 Å². The van der Waals surface area contributed by atoms with E-state index in [0.717, 1.165) is 43.9 Å². The first-order valence-electron chi connectivity index (χ1n) is 9.04. The number of amides is 2. The van der Waals surface area contributed by atoms with E-state index in [4.69, 9.17) is 22.1 Å². The number of hydrogen-bond acceptors (Lipinski definition) is 6. The molecule has 6 nitrogen and oxygen atoms in total. The number of methoxy groups -OCH3 is 1. The molecule has 0 spiro atoms. The fraction of sp³-hybridized carbons (Fsp3) is 0.474. The van der Waals surface area contributed by atoms with Crippen molar-refractivity contribution in [3.05, 3.63) is 42.7 Å². The lowest BCUT2D eigenvalue weighted by molar-refractivity contribution is 0.0728. The van der Waals surface area contributed by atoms with Gasteiger partial charge in [0.1, 0.15) is 0 Å². The highest BCUT2D eigenvalue weighted by Crippen LogP contribution is 2.29. The molecule has 2 aliphatic heterocycles. The van der Waals surface area contributed by atoms with Gasteiger partial charge in [0.2, 0.25) is 0 Å². The van der Waals surface area contributed by atoms with Crippen LogP contribution >= 0.6 is 34.3 Å². The lowest BCUT2D eigenvalue weighted by Crippen LogP contribution is -2.29. The van der Waals surface area contributed by atoms with Crippen molar-refractivity contribution in [3.63, 3.8) is 0 Å². The lowest BCUT2D eigenvalue weighted by Gasteiger charge is -2.21. The van der Waals surface area contributed by atoms with Gasteiger partial charge in [-0.1, -0.05) is 11.6 Å². The van der Waals surface area contributed by atoms with Crippen LogP contribution in [0, 0.1) is 0 Å². The van der Waals surface area contributed by atoms with Crippen LogP contribution in [0.15, 0.2) is 18.2 Å². The van der Waals surface area contributed by atoms with Crippen LogP contribution in [-0.4, -0.2) is 61.5 Å². The largest absolute Gasteiger partial charge is 0.380 e. The molecule has 0 unspecified atom stereocenters. The quantitative estimate of drug-likeness (QED) is 0.794. The number of likely N-dealkylation sites (tertiary alicyclic amines) is 1. The molecule has 0 bridgehead atoms. The molecule has 0 saturated carbocycles. The Hall–Kier alpha value is -1.45. The summed E-state index contributed by atoms with van der Waals surface area (Å²) >= 11 is 8.38. The summed E-state index contributed by atoms with van der Waals surface area (Å²) in [5, 5.41) is 0. The Morgan fingerprint density at radius 3 is 2.61 bits per heavy atom. The third kappa shape index (κ3) is 5.12. The van der Waals surface area contributed by atoms with Gasteiger partial charge in [-0.2, -0.15) is 0 Å². The first-order valence-corrected chi connectivity index (χ1v) is 11.1. The van der Waals surface area contributed by atoms with E-state index >= 15 is 0 Å². The van der Waals surface area contributed by atoms with E-state index in [1.807, 2.05) is 4.90 Å². The number of primary amides is 1. The molecule has 2 aromatic rings. The van der Waals surface area contributed by atoms with Crippen LogP contribution in [-0.2, 0) is 17.7 Å². The molecule has 1 saturated heterocycles. The van der Waals surface area contributed by atoms with Gasteiger partial charge in [0, 0.05) is 38.2 Å². The monoisotopic (exact) mass is 441 g/mol. The molecule has 4 heterocycles. The molecular formula is C19H24ClN3O3S2. The standard InChI is InChI=1S/C14H20N2O2S.C5H4ClNOS/c1-15-5-4-12-10(8-15)7-13(19-12)14(17)16-6-3-11(9-16)18-2;6-4-2-1-3(9-4)5(7)8/h7,11H,3-6,8-9H2,1-2H3;1-2H,(H2,7,8)/t11-;/m1./s1. The molecule has 0 aliphatic carbocycles. The van der Waals surface area contributed by atoms with Crippen LogP contribution in [0.25, 0.3) is 0 Å². The average Bonchev–Trinajstić information content (AvgIpc) is 3.40. The molecule has 9 heteroatoms. The van der Waals surface area contributed by atoms with Crippen molar-refractivity contribution < 1.29 is 14.3 Å². The van der Waals surface area contributed by atoms with Crippen LogP contribution in [0.3, 0.4) is 0 Å². The van der Waals surface area contributed by atoms with Gasteiger partial charge in [-0.15, -0.1) is 22.7 Å². The van der Waals surface area contributed by atoms with Crippen molar-refractivity contribution >= 4 is 46.1 Å². The van der Waals surface area contributed by atoms with Crippen molar-refractivity contribution in [2.75, 3.05) is 33.8 Å². The maximum atomic E-state index is 12.5. The van der Waals surface area contributed by atoms with Gasteiger partial charge in [0.25, 0.3) is 11.8 Å². The van der Waals surface area contributed by atoms with Crippen molar-refractivity contribution in [3.8, 4) is 0 Å². The third-order valence-electron chi connectivity index (χ3n) is 4.85. The minimum Gasteiger partial charge on any atom is -0.380 e. The minimum absolute atomic E-state index is 0.182. The molecule has 0 aromatic carbocycles. The van der Waals surface area contributed by atoms with Crippen molar-refractivity contribution in [1.29, 1.82) is 0 Å². The van der Waals surface area contributed by atoms with Gasteiger partial charge in [-0.25, -0.2) is 0 Å². The molecule has 2 aromatic heterocycles. The smallest absolute Gasteiger partial charge is 0.264 e. The van der Waals surface area contributed by atoms with E-state index in [1.165, 1.54) is 21.8 Å². The van der Waals surface area contributed by atoms with Crippen LogP contribution < -0.4 is 5.73 Å². The summed E-state index contributed by atoms with van der Waals surface area (Å²) in [5.74, 6) is -0.242. The topological polar surface area (TPSA) is 75.9 Å². The molecule has 0 radical (unpaired) electrons. The Morgan fingerprint density at radius 2 is 2.04 bits per heavy atom. The van der Waals surface area contributed by atoms with Crippen LogP contribution in [0.1, 0.15) is 36.2 Å². The molecule has 2 amide bonds. The summed E-state index contributed by atoms with van der Waals surface area (Å²) in [4.78, 5) is 29.9. The number of nitrogens with zero attached hydrogens (tertiary/aromatic N) is 2. The second-order valence-corrected chi connectivity index (χ2v) is 9.76. The molecule has 2 N–H and O–H groups in total. The Labute approximate surface area is 177 Å². The number of nitrogens with two attached hydrogens (primary N) is 1. The lowest BCUT2D eigenvalue weighted by atomic mass is 10.1. The van der Waals surface area contributed by atoms with Crippen molar-refractivity contribution in [1.82, 2.24) is 9.80 Å². The number of halogens is 1. The van der Waals surface area contributed by atoms with Crippen LogP contribution in [0.4, 0.5) is 0 Å². The summed E-state index contributed by atoms with van der Waals surface area (Å²) in [5.41, 5.74) is 6.28. The molecule has 28 heavy (non-hydrogen) atoms. The van der Waals surface area contributed by atoms with Gasteiger partial charge < -0.3 is 20.3 Å². The second kappa shape index (κ2) is 9.37. The summed E-state index contributed by atoms with van der Waals surface area (Å²) in [6.45, 7) is 3.62. The van der Waals surface area contributed by atoms with Crippen LogP contribution in [0.2, 0.25) is 4.34 Å². The molecule has 1 atom stereocenters. The molecule has 4 rings (SSSR count). The van der Waals surface area contributed by atoms with E-state index in [1.54, 1.807) is 30.6 Å². The fourth-order valence-electron chi connectivity index (χ4n) is 3.29. The predicted molar refractivity (Wildman–Crippen MR) is 114 cm³/mol. The Morgan fingerprint density at radius 1 is 1.25 bits per heavy atom. The van der Waals surface area contributed by atoms with E-state index in [2.05, 4.69) is 18.0 Å². The van der Waals surface area contributed by atoms with Crippen LogP contribution in [0.5, 0.6) is 0 Å². The van der Waals surface area contributed by atoms with Gasteiger partial charge in [-0.3, -0.25) is 9.59 Å². The first-order chi connectivity index (χ1) is 13.4. The number of carbonyl (C=O) groups is 2. The van der Waals surface area contributed by atoms with E-state index < -0.39 is 5.91 Å². The summed E-state index contributed by atoms with van der Waals surface area (Å²) in [6, 6.07) is 5.35. The van der Waals surface area contributed by atoms with Crippen molar-refractivity contribution in [2.24, 2.45) is 5.73 Å². The first kappa shape index (κ1) is 21.3. The summed E-state index contributed by atoms with van der Waals surface area (Å²) < 4.78 is 5.91. The van der Waals surface area contributed by atoms with Gasteiger partial charge in [0.05, 0.1) is 20.2 Å². The highest BCUT2D eigenvalue weighted by Gasteiger charge is 2.29.